The third-order valence-corrected chi connectivity index (χ3v) is 4.92. The van der Waals surface area contributed by atoms with Crippen LogP contribution in [-0.4, -0.2) is 18.3 Å². The van der Waals surface area contributed by atoms with Crippen molar-refractivity contribution in [2.24, 2.45) is 5.41 Å². The van der Waals surface area contributed by atoms with Crippen molar-refractivity contribution < 1.29 is 14.3 Å². The summed E-state index contributed by atoms with van der Waals surface area (Å²) in [7, 11) is 0. The van der Waals surface area contributed by atoms with Gasteiger partial charge in [0.1, 0.15) is 5.75 Å². The molecular formula is C22H26N2O3. The number of carbonyl (C=O) groups excluding carboxylic acids is 2. The molecule has 2 atom stereocenters. The van der Waals surface area contributed by atoms with Crippen LogP contribution in [0.15, 0.2) is 48.2 Å². The lowest BCUT2D eigenvalue weighted by molar-refractivity contribution is -0.129. The molecule has 142 valence electrons. The Balaban J connectivity index is 2.53. The Hall–Kier alpha value is -2.87. The number of nitrogens with one attached hydrogen (secondary N) is 1. The molecule has 0 spiro atoms. The molecule has 0 saturated heterocycles. The topological polar surface area (TPSA) is 79.2 Å². The summed E-state index contributed by atoms with van der Waals surface area (Å²) >= 11 is 0. The Morgan fingerprint density at radius 3 is 2.59 bits per heavy atom. The number of nitrogens with zero attached hydrogens (tertiary/aromatic N) is 1. The lowest BCUT2D eigenvalue weighted by Gasteiger charge is -2.39. The third-order valence-electron chi connectivity index (χ3n) is 4.92. The zero-order valence-corrected chi connectivity index (χ0v) is 16.2. The van der Waals surface area contributed by atoms with Gasteiger partial charge in [-0.1, -0.05) is 31.6 Å². The van der Waals surface area contributed by atoms with Crippen molar-refractivity contribution in [1.29, 1.82) is 5.26 Å². The first-order valence-corrected chi connectivity index (χ1v) is 9.19. The number of nitriles is 1. The molecule has 5 nitrogen and oxygen atoms in total. The fourth-order valence-electron chi connectivity index (χ4n) is 3.55. The molecule has 1 N–H and O–H groups in total. The van der Waals surface area contributed by atoms with Gasteiger partial charge < -0.3 is 10.1 Å². The van der Waals surface area contributed by atoms with Crippen LogP contribution in [0.2, 0.25) is 0 Å². The second kappa shape index (κ2) is 8.68. The molecule has 2 rings (SSSR count). The summed E-state index contributed by atoms with van der Waals surface area (Å²) < 4.78 is 5.69. The molecule has 2 unspecified atom stereocenters. The molecule has 1 aliphatic rings. The van der Waals surface area contributed by atoms with Crippen LogP contribution >= 0.6 is 0 Å². The van der Waals surface area contributed by atoms with Gasteiger partial charge in [0.2, 0.25) is 5.91 Å². The highest BCUT2D eigenvalue weighted by atomic mass is 16.5. The van der Waals surface area contributed by atoms with Gasteiger partial charge in [-0.15, -0.1) is 6.58 Å². The summed E-state index contributed by atoms with van der Waals surface area (Å²) in [4.78, 5) is 25.2. The van der Waals surface area contributed by atoms with Crippen LogP contribution < -0.4 is 10.1 Å². The van der Waals surface area contributed by atoms with Crippen molar-refractivity contribution >= 4 is 11.7 Å². The van der Waals surface area contributed by atoms with Crippen molar-refractivity contribution in [3.63, 3.8) is 0 Å². The highest BCUT2D eigenvalue weighted by Gasteiger charge is 2.52. The zero-order chi connectivity index (χ0) is 20.0. The number of ketones is 1. The van der Waals surface area contributed by atoms with E-state index in [4.69, 9.17) is 4.74 Å². The Bertz CT molecular complexity index is 802. The maximum absolute atomic E-state index is 12.8. The van der Waals surface area contributed by atoms with Gasteiger partial charge in [-0.25, -0.2) is 0 Å². The number of hydrogen-bond acceptors (Lipinski definition) is 4. The standard InChI is InChI=1S/C22H26N2O3/c1-5-7-13-27-18-10-8-17(9-11-18)20-19(16(4)25)15(3)24-21(26)22(20,14-23)12-6-2/h6,8-11,20H,2,5,7,12-13H2,1,3-4H3,(H,24,26). The van der Waals surface area contributed by atoms with E-state index in [2.05, 4.69) is 24.9 Å². The summed E-state index contributed by atoms with van der Waals surface area (Å²) in [6.07, 6.45) is 3.72. The van der Waals surface area contributed by atoms with Crippen molar-refractivity contribution in [3.05, 3.63) is 53.8 Å². The predicted octanol–water partition coefficient (Wildman–Crippen LogP) is 4.03. The molecule has 0 saturated carbocycles. The van der Waals surface area contributed by atoms with E-state index < -0.39 is 17.2 Å². The number of benzene rings is 1. The van der Waals surface area contributed by atoms with Crippen LogP contribution in [-0.2, 0) is 9.59 Å². The third kappa shape index (κ3) is 3.95. The number of Topliss-reactive ketones (excluding diaryl/α,β-unsaturated/α-hetero) is 1. The largest absolute Gasteiger partial charge is 0.494 e. The Morgan fingerprint density at radius 1 is 1.41 bits per heavy atom. The van der Waals surface area contributed by atoms with E-state index in [0.29, 0.717) is 17.9 Å². The number of unbranched alkanes of at least 4 members (excludes halogenated alkanes) is 1. The van der Waals surface area contributed by atoms with Crippen molar-refractivity contribution in [2.75, 3.05) is 6.61 Å². The number of ether oxygens (including phenoxy) is 1. The molecule has 1 aliphatic heterocycles. The Labute approximate surface area is 160 Å². The van der Waals surface area contributed by atoms with E-state index >= 15 is 0 Å². The first-order chi connectivity index (χ1) is 12.9. The summed E-state index contributed by atoms with van der Waals surface area (Å²) in [6.45, 7) is 9.59. The van der Waals surface area contributed by atoms with Gasteiger partial charge in [0, 0.05) is 17.2 Å². The second-order valence-electron chi connectivity index (χ2n) is 6.83. The Morgan fingerprint density at radius 2 is 2.07 bits per heavy atom. The molecule has 0 aromatic heterocycles. The van der Waals surface area contributed by atoms with Crippen LogP contribution in [0.1, 0.15) is 51.5 Å². The van der Waals surface area contributed by atoms with Gasteiger partial charge in [-0.3, -0.25) is 9.59 Å². The molecule has 1 heterocycles. The molecule has 0 aliphatic carbocycles. The monoisotopic (exact) mass is 366 g/mol. The fraction of sp³-hybridized carbons (Fsp3) is 0.409. The highest BCUT2D eigenvalue weighted by Crippen LogP contribution is 2.48. The molecule has 1 amide bonds. The van der Waals surface area contributed by atoms with Crippen molar-refractivity contribution in [1.82, 2.24) is 5.32 Å². The van der Waals surface area contributed by atoms with Gasteiger partial charge >= 0.3 is 0 Å². The van der Waals surface area contributed by atoms with E-state index in [1.54, 1.807) is 13.0 Å². The molecule has 1 aromatic rings. The minimum absolute atomic E-state index is 0.152. The van der Waals surface area contributed by atoms with Gasteiger partial charge in [0.25, 0.3) is 0 Å². The first kappa shape index (κ1) is 20.4. The average Bonchev–Trinajstić information content (AvgIpc) is 2.64. The summed E-state index contributed by atoms with van der Waals surface area (Å²) in [5.74, 6) is -0.495. The van der Waals surface area contributed by atoms with Crippen molar-refractivity contribution in [2.45, 2.75) is 46.0 Å². The molecule has 1 aromatic carbocycles. The molecule has 0 fully saturated rings. The fourth-order valence-corrected chi connectivity index (χ4v) is 3.55. The molecule has 27 heavy (non-hydrogen) atoms. The Kier molecular flexibility index (Phi) is 6.57. The maximum atomic E-state index is 12.8. The van der Waals surface area contributed by atoms with E-state index in [0.717, 1.165) is 24.2 Å². The normalized spacial score (nSPS) is 22.0. The van der Waals surface area contributed by atoms with Crippen molar-refractivity contribution in [3.8, 4) is 11.8 Å². The van der Waals surface area contributed by atoms with E-state index in [1.165, 1.54) is 6.92 Å². The summed E-state index contributed by atoms with van der Waals surface area (Å²) in [5.41, 5.74) is 0.279. The highest BCUT2D eigenvalue weighted by molar-refractivity contribution is 6.02. The van der Waals surface area contributed by atoms with Gasteiger partial charge in [0.05, 0.1) is 12.7 Å². The number of amides is 1. The van der Waals surface area contributed by atoms with Gasteiger partial charge in [0.15, 0.2) is 11.2 Å². The van der Waals surface area contributed by atoms with Crippen LogP contribution in [0, 0.1) is 16.7 Å². The van der Waals surface area contributed by atoms with Crippen LogP contribution in [0.25, 0.3) is 0 Å². The zero-order valence-electron chi connectivity index (χ0n) is 16.2. The van der Waals surface area contributed by atoms with Crippen LogP contribution in [0.5, 0.6) is 5.75 Å². The van der Waals surface area contributed by atoms with E-state index in [1.807, 2.05) is 24.3 Å². The molecule has 0 bridgehead atoms. The molecule has 0 radical (unpaired) electrons. The maximum Gasteiger partial charge on any atom is 0.245 e. The minimum atomic E-state index is -1.41. The SMILES string of the molecule is C=CCC1(C#N)C(=O)NC(C)=C(C(C)=O)C1c1ccc(OCCCC)cc1. The number of rotatable bonds is 8. The van der Waals surface area contributed by atoms with Gasteiger partial charge in [-0.05, 0) is 44.4 Å². The summed E-state index contributed by atoms with van der Waals surface area (Å²) in [6, 6.07) is 9.48. The van der Waals surface area contributed by atoms with Crippen LogP contribution in [0.4, 0.5) is 0 Å². The first-order valence-electron chi connectivity index (χ1n) is 9.19. The van der Waals surface area contributed by atoms with E-state index in [9.17, 15) is 14.9 Å². The minimum Gasteiger partial charge on any atom is -0.494 e. The predicted molar refractivity (Wildman–Crippen MR) is 104 cm³/mol. The average molecular weight is 366 g/mol. The number of carbonyl (C=O) groups is 2. The lowest BCUT2D eigenvalue weighted by Crippen LogP contribution is -2.49. The van der Waals surface area contributed by atoms with Gasteiger partial charge in [-0.2, -0.15) is 5.26 Å². The van der Waals surface area contributed by atoms with Crippen LogP contribution in [0.3, 0.4) is 0 Å². The summed E-state index contributed by atoms with van der Waals surface area (Å²) in [5, 5.41) is 12.6. The molecular weight excluding hydrogens is 340 g/mol. The second-order valence-corrected chi connectivity index (χ2v) is 6.83. The smallest absolute Gasteiger partial charge is 0.245 e. The quantitative estimate of drug-likeness (QED) is 0.556. The lowest BCUT2D eigenvalue weighted by atomic mass is 9.64. The number of allylic oxidation sites excluding steroid dienone is 3. The van der Waals surface area contributed by atoms with E-state index in [-0.39, 0.29) is 12.2 Å². The number of hydrogen-bond donors (Lipinski definition) is 1. The molecule has 5 heteroatoms.